The number of nitrogens with zero attached hydrogens (tertiary/aromatic N) is 4. The Morgan fingerprint density at radius 3 is 2.78 bits per heavy atom. The molecule has 0 spiro atoms. The van der Waals surface area contributed by atoms with E-state index in [1.165, 1.54) is 0 Å². The van der Waals surface area contributed by atoms with Gasteiger partial charge in [0.2, 0.25) is 0 Å². The van der Waals surface area contributed by atoms with Gasteiger partial charge in [-0.15, -0.1) is 0 Å². The Morgan fingerprint density at radius 2 is 2.09 bits per heavy atom. The Morgan fingerprint density at radius 1 is 1.30 bits per heavy atom. The second kappa shape index (κ2) is 6.43. The van der Waals surface area contributed by atoms with Crippen LogP contribution < -0.4 is 5.32 Å². The lowest BCUT2D eigenvalue weighted by Crippen LogP contribution is -2.26. The number of amides is 1. The molecule has 0 atom stereocenters. The van der Waals surface area contributed by atoms with Crippen molar-refractivity contribution in [2.45, 2.75) is 13.3 Å². The van der Waals surface area contributed by atoms with Gasteiger partial charge in [-0.05, 0) is 25.1 Å². The summed E-state index contributed by atoms with van der Waals surface area (Å²) in [5.41, 5.74) is 2.21. The predicted molar refractivity (Wildman–Crippen MR) is 83.7 cm³/mol. The number of hydrogen-bond donors (Lipinski definition) is 1. The van der Waals surface area contributed by atoms with E-state index in [4.69, 9.17) is 4.52 Å². The Bertz CT molecular complexity index is 788. The van der Waals surface area contributed by atoms with Crippen LogP contribution in [0.25, 0.3) is 11.5 Å². The van der Waals surface area contributed by atoms with Crippen LogP contribution in [-0.4, -0.2) is 32.4 Å². The molecule has 7 heteroatoms. The highest BCUT2D eigenvalue weighted by molar-refractivity contribution is 5.92. The average Bonchev–Trinajstić information content (AvgIpc) is 3.16. The van der Waals surface area contributed by atoms with Crippen LogP contribution in [0, 0.1) is 6.92 Å². The molecule has 0 fully saturated rings. The summed E-state index contributed by atoms with van der Waals surface area (Å²) in [5, 5.41) is 10.9. The van der Waals surface area contributed by atoms with Crippen molar-refractivity contribution >= 4 is 5.91 Å². The molecule has 118 valence electrons. The Labute approximate surface area is 133 Å². The van der Waals surface area contributed by atoms with Gasteiger partial charge < -0.3 is 9.84 Å². The summed E-state index contributed by atoms with van der Waals surface area (Å²) in [6, 6.07) is 11.3. The van der Waals surface area contributed by atoms with Gasteiger partial charge in [-0.2, -0.15) is 10.1 Å². The Hall–Kier alpha value is -2.96. The maximum Gasteiger partial charge on any atom is 0.271 e. The standard InChI is InChI=1S/C16H17N5O2/c1-11-10-13(19-21(11)2)15(22)17-9-8-14-18-16(23-20-14)12-6-4-3-5-7-12/h3-7,10H,8-9H2,1-2H3,(H,17,22). The van der Waals surface area contributed by atoms with Crippen molar-refractivity contribution in [2.24, 2.45) is 7.05 Å². The summed E-state index contributed by atoms with van der Waals surface area (Å²) in [7, 11) is 1.80. The van der Waals surface area contributed by atoms with Crippen LogP contribution in [0.2, 0.25) is 0 Å². The molecule has 0 saturated carbocycles. The van der Waals surface area contributed by atoms with Crippen molar-refractivity contribution in [3.63, 3.8) is 0 Å². The molecule has 1 amide bonds. The Kier molecular flexibility index (Phi) is 4.18. The van der Waals surface area contributed by atoms with Crippen LogP contribution in [0.5, 0.6) is 0 Å². The fraction of sp³-hybridized carbons (Fsp3) is 0.250. The molecule has 0 unspecified atom stereocenters. The molecule has 1 N–H and O–H groups in total. The van der Waals surface area contributed by atoms with E-state index in [0.717, 1.165) is 11.3 Å². The number of carbonyl (C=O) groups excluding carboxylic acids is 1. The first-order chi connectivity index (χ1) is 11.1. The lowest BCUT2D eigenvalue weighted by molar-refractivity contribution is 0.0948. The average molecular weight is 311 g/mol. The van der Waals surface area contributed by atoms with Gasteiger partial charge in [-0.25, -0.2) is 0 Å². The third kappa shape index (κ3) is 3.45. The number of carbonyl (C=O) groups is 1. The first kappa shape index (κ1) is 15.0. The summed E-state index contributed by atoms with van der Waals surface area (Å²) >= 11 is 0. The molecule has 0 aliphatic rings. The molecule has 2 aromatic heterocycles. The summed E-state index contributed by atoms with van der Waals surface area (Å²) in [5.74, 6) is 0.828. The third-order valence-electron chi connectivity index (χ3n) is 3.47. The van der Waals surface area contributed by atoms with Crippen molar-refractivity contribution in [2.75, 3.05) is 6.54 Å². The van der Waals surface area contributed by atoms with Crippen LogP contribution in [0.1, 0.15) is 22.0 Å². The van der Waals surface area contributed by atoms with Crippen molar-refractivity contribution in [3.05, 3.63) is 53.6 Å². The van der Waals surface area contributed by atoms with Gasteiger partial charge in [0, 0.05) is 31.3 Å². The molecule has 23 heavy (non-hydrogen) atoms. The zero-order chi connectivity index (χ0) is 16.2. The van der Waals surface area contributed by atoms with Gasteiger partial charge in [0.15, 0.2) is 5.82 Å². The summed E-state index contributed by atoms with van der Waals surface area (Å²) in [6.07, 6.45) is 0.494. The Balaban J connectivity index is 1.55. The lowest BCUT2D eigenvalue weighted by Gasteiger charge is -1.99. The molecule has 0 saturated heterocycles. The third-order valence-corrected chi connectivity index (χ3v) is 3.47. The molecule has 0 aliphatic heterocycles. The van der Waals surface area contributed by atoms with E-state index in [1.807, 2.05) is 37.3 Å². The highest BCUT2D eigenvalue weighted by Crippen LogP contribution is 2.15. The highest BCUT2D eigenvalue weighted by Gasteiger charge is 2.12. The maximum absolute atomic E-state index is 12.0. The molecule has 2 heterocycles. The summed E-state index contributed by atoms with van der Waals surface area (Å²) in [6.45, 7) is 2.32. The minimum atomic E-state index is -0.208. The van der Waals surface area contributed by atoms with Crippen molar-refractivity contribution in [3.8, 4) is 11.5 Å². The number of benzene rings is 1. The minimum Gasteiger partial charge on any atom is -0.350 e. The van der Waals surface area contributed by atoms with Crippen molar-refractivity contribution in [1.82, 2.24) is 25.2 Å². The van der Waals surface area contributed by atoms with Gasteiger partial charge in [0.1, 0.15) is 5.69 Å². The largest absolute Gasteiger partial charge is 0.350 e. The van der Waals surface area contributed by atoms with E-state index in [9.17, 15) is 4.79 Å². The zero-order valence-corrected chi connectivity index (χ0v) is 13.0. The smallest absolute Gasteiger partial charge is 0.271 e. The van der Waals surface area contributed by atoms with E-state index < -0.39 is 0 Å². The summed E-state index contributed by atoms with van der Waals surface area (Å²) in [4.78, 5) is 16.3. The van der Waals surface area contributed by atoms with E-state index >= 15 is 0 Å². The fourth-order valence-corrected chi connectivity index (χ4v) is 2.10. The molecule has 0 radical (unpaired) electrons. The minimum absolute atomic E-state index is 0.208. The zero-order valence-electron chi connectivity index (χ0n) is 13.0. The second-order valence-corrected chi connectivity index (χ2v) is 5.18. The number of hydrogen-bond acceptors (Lipinski definition) is 5. The first-order valence-corrected chi connectivity index (χ1v) is 7.30. The summed E-state index contributed by atoms with van der Waals surface area (Å²) < 4.78 is 6.89. The van der Waals surface area contributed by atoms with Gasteiger partial charge in [0.05, 0.1) is 0 Å². The maximum atomic E-state index is 12.0. The molecule has 0 bridgehead atoms. The van der Waals surface area contributed by atoms with Crippen LogP contribution in [0.4, 0.5) is 0 Å². The second-order valence-electron chi connectivity index (χ2n) is 5.18. The van der Waals surface area contributed by atoms with Gasteiger partial charge >= 0.3 is 0 Å². The van der Waals surface area contributed by atoms with Crippen LogP contribution in [-0.2, 0) is 13.5 Å². The predicted octanol–water partition coefficient (Wildman–Crippen LogP) is 1.75. The van der Waals surface area contributed by atoms with Crippen LogP contribution in [0.15, 0.2) is 40.9 Å². The fourth-order valence-electron chi connectivity index (χ4n) is 2.10. The monoisotopic (exact) mass is 311 g/mol. The first-order valence-electron chi connectivity index (χ1n) is 7.30. The van der Waals surface area contributed by atoms with Gasteiger partial charge in [-0.1, -0.05) is 23.4 Å². The number of nitrogens with one attached hydrogen (secondary N) is 1. The SMILES string of the molecule is Cc1cc(C(=O)NCCc2noc(-c3ccccc3)n2)nn1C. The number of aryl methyl sites for hydroxylation is 2. The highest BCUT2D eigenvalue weighted by atomic mass is 16.5. The van der Waals surface area contributed by atoms with Crippen molar-refractivity contribution in [1.29, 1.82) is 0 Å². The van der Waals surface area contributed by atoms with E-state index in [1.54, 1.807) is 17.8 Å². The molecule has 7 nitrogen and oxygen atoms in total. The van der Waals surface area contributed by atoms with Crippen LogP contribution in [0.3, 0.4) is 0 Å². The topological polar surface area (TPSA) is 85.8 Å². The quantitative estimate of drug-likeness (QED) is 0.776. The lowest BCUT2D eigenvalue weighted by atomic mass is 10.2. The molecule has 0 aliphatic carbocycles. The molecule has 3 rings (SSSR count). The normalized spacial score (nSPS) is 10.7. The van der Waals surface area contributed by atoms with E-state index in [0.29, 0.717) is 30.4 Å². The molecule has 1 aromatic carbocycles. The number of aromatic nitrogens is 4. The van der Waals surface area contributed by atoms with Gasteiger partial charge in [-0.3, -0.25) is 9.48 Å². The van der Waals surface area contributed by atoms with E-state index in [2.05, 4.69) is 20.6 Å². The van der Waals surface area contributed by atoms with Crippen LogP contribution >= 0.6 is 0 Å². The molecule has 3 aromatic rings. The molecular weight excluding hydrogens is 294 g/mol. The molecular formula is C16H17N5O2. The number of rotatable bonds is 5. The van der Waals surface area contributed by atoms with E-state index in [-0.39, 0.29) is 5.91 Å². The van der Waals surface area contributed by atoms with Gasteiger partial charge in [0.25, 0.3) is 11.8 Å². The van der Waals surface area contributed by atoms with Crippen molar-refractivity contribution < 1.29 is 9.32 Å².